The second kappa shape index (κ2) is 29.0. The SMILES string of the molecule is c1ccc(Nc2ccc(-c3ccc4[nH]c5ccccc5c4c3)cc2)cc1.c1ccc(Nc2ccc(-c3ccc4[nH]c5ccccc5c4c3)cc2)cc1.c1ccc(Nc2ccc(-c3ccc4[nH]c5ccccc5c4c3)cc2)cc1.c1ccc(Nc2ccc(-c3ccc4[nH]c5ccccc5c4c3)cc2)cc1. The van der Waals surface area contributed by atoms with Crippen molar-refractivity contribution in [1.82, 2.24) is 19.9 Å². The molecule has 4 aromatic heterocycles. The van der Waals surface area contributed by atoms with E-state index in [4.69, 9.17) is 0 Å². The summed E-state index contributed by atoms with van der Waals surface area (Å²) in [5.41, 5.74) is 28.0. The van der Waals surface area contributed by atoms with Gasteiger partial charge in [0.2, 0.25) is 0 Å². The highest BCUT2D eigenvalue weighted by atomic mass is 14.9. The van der Waals surface area contributed by atoms with E-state index in [9.17, 15) is 0 Å². The topological polar surface area (TPSA) is 111 Å². The summed E-state index contributed by atoms with van der Waals surface area (Å²) in [6.45, 7) is 0. The fraction of sp³-hybridized carbons (Fsp3) is 0. The number of hydrogen-bond acceptors (Lipinski definition) is 4. The first-order valence-electron chi connectivity index (χ1n) is 35.2. The average Bonchev–Trinajstić information content (AvgIpc) is 1.65. The van der Waals surface area contributed by atoms with Crippen LogP contribution >= 0.6 is 0 Å². The Morgan fingerprint density at radius 3 is 0.500 bits per heavy atom. The molecule has 0 aliphatic rings. The molecule has 8 nitrogen and oxygen atoms in total. The monoisotopic (exact) mass is 1340 g/mol. The van der Waals surface area contributed by atoms with Crippen LogP contribution in [-0.4, -0.2) is 19.9 Å². The van der Waals surface area contributed by atoms with Gasteiger partial charge in [0, 0.05) is 133 Å². The summed E-state index contributed by atoms with van der Waals surface area (Å²) in [5, 5.41) is 23.9. The second-order valence-electron chi connectivity index (χ2n) is 26.0. The van der Waals surface area contributed by atoms with E-state index in [1.165, 1.54) is 132 Å². The fourth-order valence-corrected chi connectivity index (χ4v) is 13.8. The fourth-order valence-electron chi connectivity index (χ4n) is 13.8. The van der Waals surface area contributed by atoms with Crippen molar-refractivity contribution in [1.29, 1.82) is 0 Å². The predicted molar refractivity (Wildman–Crippen MR) is 444 cm³/mol. The van der Waals surface area contributed by atoms with E-state index in [-0.39, 0.29) is 0 Å². The first-order chi connectivity index (χ1) is 51.5. The van der Waals surface area contributed by atoms with Crippen LogP contribution < -0.4 is 21.3 Å². The molecule has 8 N–H and O–H groups in total. The number of benzene rings is 16. The highest BCUT2D eigenvalue weighted by Gasteiger charge is 2.12. The van der Waals surface area contributed by atoms with Gasteiger partial charge in [-0.2, -0.15) is 0 Å². The molecule has 0 spiro atoms. The molecule has 4 heterocycles. The number of rotatable bonds is 12. The van der Waals surface area contributed by atoms with E-state index in [0.29, 0.717) is 0 Å². The van der Waals surface area contributed by atoms with Crippen molar-refractivity contribution in [2.45, 2.75) is 0 Å². The zero-order valence-corrected chi connectivity index (χ0v) is 57.0. The molecule has 104 heavy (non-hydrogen) atoms. The van der Waals surface area contributed by atoms with E-state index < -0.39 is 0 Å². The zero-order chi connectivity index (χ0) is 69.4. The number of nitrogens with one attached hydrogen (secondary N) is 8. The summed E-state index contributed by atoms with van der Waals surface area (Å²) in [4.78, 5) is 13.9. The highest BCUT2D eigenvalue weighted by Crippen LogP contribution is 2.36. The molecular formula is C96H72N8. The molecule has 0 fully saturated rings. The van der Waals surface area contributed by atoms with Gasteiger partial charge in [-0.1, -0.05) is 218 Å². The van der Waals surface area contributed by atoms with Crippen molar-refractivity contribution >= 4 is 133 Å². The largest absolute Gasteiger partial charge is 0.356 e. The summed E-state index contributed by atoms with van der Waals surface area (Å²) in [6, 6.07) is 136. The van der Waals surface area contributed by atoms with E-state index in [1.54, 1.807) is 0 Å². The van der Waals surface area contributed by atoms with E-state index in [0.717, 1.165) is 45.5 Å². The highest BCUT2D eigenvalue weighted by molar-refractivity contribution is 6.11. The van der Waals surface area contributed by atoms with Gasteiger partial charge in [0.05, 0.1) is 0 Å². The van der Waals surface area contributed by atoms with E-state index in [1.807, 2.05) is 72.8 Å². The first kappa shape index (κ1) is 63.4. The maximum absolute atomic E-state index is 3.48. The van der Waals surface area contributed by atoms with Gasteiger partial charge in [0.25, 0.3) is 0 Å². The lowest BCUT2D eigenvalue weighted by atomic mass is 10.0. The van der Waals surface area contributed by atoms with Gasteiger partial charge < -0.3 is 41.2 Å². The average molecular weight is 1340 g/mol. The van der Waals surface area contributed by atoms with Gasteiger partial charge in [-0.05, 0) is 214 Å². The molecule has 0 unspecified atom stereocenters. The van der Waals surface area contributed by atoms with Crippen LogP contribution in [-0.2, 0) is 0 Å². The molecule has 0 aliphatic carbocycles. The molecule has 0 saturated heterocycles. The van der Waals surface area contributed by atoms with Crippen LogP contribution in [0, 0.1) is 0 Å². The number of aromatic amines is 4. The minimum atomic E-state index is 1.09. The van der Waals surface area contributed by atoms with Gasteiger partial charge in [0.15, 0.2) is 0 Å². The molecule has 0 aliphatic heterocycles. The number of para-hydroxylation sites is 8. The van der Waals surface area contributed by atoms with Crippen molar-refractivity contribution in [2.75, 3.05) is 21.3 Å². The molecule has 16 aromatic carbocycles. The normalized spacial score (nSPS) is 11.1. The number of hydrogen-bond donors (Lipinski definition) is 8. The first-order valence-corrected chi connectivity index (χ1v) is 35.2. The van der Waals surface area contributed by atoms with Crippen LogP contribution in [0.4, 0.5) is 45.5 Å². The zero-order valence-electron chi connectivity index (χ0n) is 57.0. The Balaban J connectivity index is 0.000000103. The Kier molecular flexibility index (Phi) is 17.7. The predicted octanol–water partition coefficient (Wildman–Crippen LogP) is 26.9. The Hall–Kier alpha value is -14.1. The van der Waals surface area contributed by atoms with Gasteiger partial charge in [-0.25, -0.2) is 0 Å². The molecule has 20 aromatic rings. The van der Waals surface area contributed by atoms with Gasteiger partial charge in [0.1, 0.15) is 0 Å². The van der Waals surface area contributed by atoms with Crippen molar-refractivity contribution in [2.24, 2.45) is 0 Å². The van der Waals surface area contributed by atoms with Gasteiger partial charge in [-0.3, -0.25) is 0 Å². The quantitative estimate of drug-likeness (QED) is 0.0623. The minimum absolute atomic E-state index is 1.09. The Bertz CT molecular complexity index is 5520. The van der Waals surface area contributed by atoms with Crippen LogP contribution in [0.5, 0.6) is 0 Å². The third-order valence-corrected chi connectivity index (χ3v) is 19.1. The second-order valence-corrected chi connectivity index (χ2v) is 26.0. The van der Waals surface area contributed by atoms with Crippen LogP contribution in [0.2, 0.25) is 0 Å². The molecule has 0 radical (unpaired) electrons. The van der Waals surface area contributed by atoms with Crippen molar-refractivity contribution in [3.8, 4) is 44.5 Å². The van der Waals surface area contributed by atoms with Crippen molar-refractivity contribution in [3.63, 3.8) is 0 Å². The Morgan fingerprint density at radius 2 is 0.288 bits per heavy atom. The molecule has 0 saturated carbocycles. The number of fused-ring (bicyclic) bond motifs is 12. The Morgan fingerprint density at radius 1 is 0.125 bits per heavy atom. The molecule has 0 amide bonds. The maximum Gasteiger partial charge on any atom is 0.0465 e. The number of anilines is 8. The van der Waals surface area contributed by atoms with Crippen molar-refractivity contribution in [3.05, 3.63) is 388 Å². The molecular weight excluding hydrogens is 1270 g/mol. The molecule has 496 valence electrons. The van der Waals surface area contributed by atoms with Crippen LogP contribution in [0.3, 0.4) is 0 Å². The summed E-state index contributed by atoms with van der Waals surface area (Å²) < 4.78 is 0. The number of H-pyrrole nitrogens is 4. The maximum atomic E-state index is 3.48. The summed E-state index contributed by atoms with van der Waals surface area (Å²) in [7, 11) is 0. The smallest absolute Gasteiger partial charge is 0.0465 e. The van der Waals surface area contributed by atoms with Crippen LogP contribution in [0.15, 0.2) is 388 Å². The summed E-state index contributed by atoms with van der Waals surface area (Å²) in [6.07, 6.45) is 0. The molecule has 0 atom stereocenters. The lowest BCUT2D eigenvalue weighted by Gasteiger charge is -2.08. The van der Waals surface area contributed by atoms with Gasteiger partial charge >= 0.3 is 0 Å². The third kappa shape index (κ3) is 14.0. The molecule has 0 bridgehead atoms. The van der Waals surface area contributed by atoms with Crippen LogP contribution in [0.25, 0.3) is 132 Å². The Labute approximate surface area is 603 Å². The minimum Gasteiger partial charge on any atom is -0.356 e. The molecule has 20 rings (SSSR count). The van der Waals surface area contributed by atoms with Crippen molar-refractivity contribution < 1.29 is 0 Å². The standard InChI is InChI=1S/4C24H18N2/c4*1-2-6-19(7-3-1)25-20-13-10-17(11-14-20)18-12-15-24-22(16-18)21-8-4-5-9-23(21)26-24/h4*1-16,25-26H. The van der Waals surface area contributed by atoms with E-state index >= 15 is 0 Å². The lowest BCUT2D eigenvalue weighted by molar-refractivity contribution is 1.53. The number of aromatic nitrogens is 4. The summed E-state index contributed by atoms with van der Waals surface area (Å²) in [5.74, 6) is 0. The third-order valence-electron chi connectivity index (χ3n) is 19.1. The summed E-state index contributed by atoms with van der Waals surface area (Å²) >= 11 is 0. The lowest BCUT2D eigenvalue weighted by Crippen LogP contribution is -1.89. The van der Waals surface area contributed by atoms with Crippen LogP contribution in [0.1, 0.15) is 0 Å². The van der Waals surface area contributed by atoms with Gasteiger partial charge in [-0.15, -0.1) is 0 Å². The molecule has 8 heteroatoms. The van der Waals surface area contributed by atoms with E-state index in [2.05, 4.69) is 357 Å².